The number of nitro groups is 1. The molecule has 2 rings (SSSR count). The molecule has 0 saturated carbocycles. The molecule has 1 aromatic heterocycles. The first-order valence-corrected chi connectivity index (χ1v) is 6.16. The van der Waals surface area contributed by atoms with E-state index in [2.05, 4.69) is 4.98 Å². The Hall–Kier alpha value is -1.88. The lowest BCUT2D eigenvalue weighted by Gasteiger charge is -2.21. The maximum atomic E-state index is 10.6. The first kappa shape index (κ1) is 13.5. The second-order valence-corrected chi connectivity index (χ2v) is 5.59. The molecule has 0 spiro atoms. The number of halogens is 1. The summed E-state index contributed by atoms with van der Waals surface area (Å²) in [4.78, 5) is 14.5. The van der Waals surface area contributed by atoms with Crippen LogP contribution >= 0.6 is 11.6 Å². The minimum absolute atomic E-state index is 0.0510. The van der Waals surface area contributed by atoms with Gasteiger partial charge in [-0.2, -0.15) is 0 Å². The summed E-state index contributed by atoms with van der Waals surface area (Å²) in [6.07, 6.45) is 1.68. The molecular weight excluding hydrogens is 266 g/mol. The zero-order valence-electron chi connectivity index (χ0n) is 10.9. The Morgan fingerprint density at radius 3 is 2.26 bits per heavy atom. The molecule has 0 bridgehead atoms. The molecule has 0 radical (unpaired) electrons. The van der Waals surface area contributed by atoms with E-state index in [1.54, 1.807) is 18.5 Å². The first-order chi connectivity index (χ1) is 8.80. The van der Waals surface area contributed by atoms with E-state index in [0.717, 1.165) is 5.56 Å². The van der Waals surface area contributed by atoms with E-state index in [1.165, 1.54) is 12.1 Å². The largest absolute Gasteiger partial charge is 0.316 e. The summed E-state index contributed by atoms with van der Waals surface area (Å²) < 4.78 is 1.87. The Morgan fingerprint density at radius 1 is 1.26 bits per heavy atom. The fourth-order valence-corrected chi connectivity index (χ4v) is 2.19. The fraction of sp³-hybridized carbons (Fsp3) is 0.308. The molecule has 1 aromatic carbocycles. The van der Waals surface area contributed by atoms with Gasteiger partial charge in [-0.1, -0.05) is 11.6 Å². The van der Waals surface area contributed by atoms with Crippen LogP contribution in [0.3, 0.4) is 0 Å². The molecule has 6 heteroatoms. The van der Waals surface area contributed by atoms with E-state index in [4.69, 9.17) is 11.6 Å². The number of hydrogen-bond acceptors (Lipinski definition) is 3. The molecule has 0 N–H and O–H groups in total. The summed E-state index contributed by atoms with van der Waals surface area (Å²) in [6.45, 7) is 6.08. The second-order valence-electron chi connectivity index (χ2n) is 5.23. The van der Waals surface area contributed by atoms with Gasteiger partial charge in [-0.05, 0) is 32.9 Å². The van der Waals surface area contributed by atoms with Gasteiger partial charge in [0.2, 0.25) is 0 Å². The highest BCUT2D eigenvalue weighted by Gasteiger charge is 2.20. The Labute approximate surface area is 116 Å². The lowest BCUT2D eigenvalue weighted by molar-refractivity contribution is -0.384. The van der Waals surface area contributed by atoms with Crippen molar-refractivity contribution in [2.75, 3.05) is 0 Å². The van der Waals surface area contributed by atoms with Crippen molar-refractivity contribution in [1.82, 2.24) is 9.55 Å². The van der Waals surface area contributed by atoms with E-state index >= 15 is 0 Å². The molecule has 0 saturated heterocycles. The van der Waals surface area contributed by atoms with Crippen LogP contribution in [-0.4, -0.2) is 14.5 Å². The van der Waals surface area contributed by atoms with Gasteiger partial charge in [0.15, 0.2) is 0 Å². The van der Waals surface area contributed by atoms with Gasteiger partial charge in [0.25, 0.3) is 5.69 Å². The standard InChI is InChI=1S/C13H14ClN3O2/c1-13(2,3)16-8-15-11(12(16)14)9-4-6-10(7-5-9)17(18)19/h4-8H,1-3H3. The molecular formula is C13H14ClN3O2. The number of nitro benzene ring substituents is 1. The molecule has 5 nitrogen and oxygen atoms in total. The first-order valence-electron chi connectivity index (χ1n) is 5.79. The highest BCUT2D eigenvalue weighted by molar-refractivity contribution is 6.32. The average molecular weight is 280 g/mol. The van der Waals surface area contributed by atoms with Crippen LogP contribution in [0, 0.1) is 10.1 Å². The summed E-state index contributed by atoms with van der Waals surface area (Å²) in [5.74, 6) is 0. The number of hydrogen-bond donors (Lipinski definition) is 0. The van der Waals surface area contributed by atoms with Crippen LogP contribution in [0.4, 0.5) is 5.69 Å². The van der Waals surface area contributed by atoms with Crippen molar-refractivity contribution in [1.29, 1.82) is 0 Å². The van der Waals surface area contributed by atoms with Crippen molar-refractivity contribution in [2.45, 2.75) is 26.3 Å². The van der Waals surface area contributed by atoms with Crippen LogP contribution in [0.25, 0.3) is 11.3 Å². The van der Waals surface area contributed by atoms with Gasteiger partial charge in [-0.15, -0.1) is 0 Å². The van der Waals surface area contributed by atoms with Crippen LogP contribution in [0.2, 0.25) is 5.15 Å². The number of imidazole rings is 1. The number of nitrogens with zero attached hydrogens (tertiary/aromatic N) is 3. The van der Waals surface area contributed by atoms with Crippen molar-refractivity contribution in [2.24, 2.45) is 0 Å². The van der Waals surface area contributed by atoms with Crippen LogP contribution in [0.1, 0.15) is 20.8 Å². The zero-order chi connectivity index (χ0) is 14.2. The molecule has 0 amide bonds. The molecule has 0 aliphatic carbocycles. The van der Waals surface area contributed by atoms with Crippen molar-refractivity contribution in [3.8, 4) is 11.3 Å². The third-order valence-electron chi connectivity index (χ3n) is 2.78. The van der Waals surface area contributed by atoms with Crippen molar-refractivity contribution in [3.63, 3.8) is 0 Å². The predicted octanol–water partition coefficient (Wildman–Crippen LogP) is 3.87. The zero-order valence-corrected chi connectivity index (χ0v) is 11.7. The summed E-state index contributed by atoms with van der Waals surface area (Å²) in [7, 11) is 0. The minimum atomic E-state index is -0.431. The third-order valence-corrected chi connectivity index (χ3v) is 3.14. The van der Waals surface area contributed by atoms with Gasteiger partial charge in [0, 0.05) is 23.2 Å². The topological polar surface area (TPSA) is 61.0 Å². The SMILES string of the molecule is CC(C)(C)n1cnc(-c2ccc([N+](=O)[O-])cc2)c1Cl. The number of non-ortho nitro benzene ring substituents is 1. The summed E-state index contributed by atoms with van der Waals surface area (Å²) in [6, 6.07) is 6.20. The maximum Gasteiger partial charge on any atom is 0.269 e. The smallest absolute Gasteiger partial charge is 0.269 e. The Bertz CT molecular complexity index is 612. The molecule has 0 aliphatic heterocycles. The highest BCUT2D eigenvalue weighted by atomic mass is 35.5. The van der Waals surface area contributed by atoms with Gasteiger partial charge < -0.3 is 4.57 Å². The lowest BCUT2D eigenvalue weighted by atomic mass is 10.1. The molecule has 1 heterocycles. The predicted molar refractivity (Wildman–Crippen MR) is 74.3 cm³/mol. The average Bonchev–Trinajstić information content (AvgIpc) is 2.71. The minimum Gasteiger partial charge on any atom is -0.316 e. The summed E-state index contributed by atoms with van der Waals surface area (Å²) in [5.41, 5.74) is 1.28. The van der Waals surface area contributed by atoms with Crippen molar-refractivity contribution >= 4 is 17.3 Å². The van der Waals surface area contributed by atoms with E-state index in [9.17, 15) is 10.1 Å². The molecule has 2 aromatic rings. The van der Waals surface area contributed by atoms with Crippen LogP contribution < -0.4 is 0 Å². The van der Waals surface area contributed by atoms with E-state index < -0.39 is 4.92 Å². The molecule has 100 valence electrons. The maximum absolute atomic E-state index is 10.6. The second kappa shape index (κ2) is 4.66. The molecule has 0 aliphatic rings. The van der Waals surface area contributed by atoms with Gasteiger partial charge in [0.05, 0.1) is 11.3 Å². The number of rotatable bonds is 2. The fourth-order valence-electron chi connectivity index (χ4n) is 1.74. The van der Waals surface area contributed by atoms with Gasteiger partial charge in [-0.25, -0.2) is 4.98 Å². The Kier molecular flexibility index (Phi) is 3.32. The molecule has 0 fully saturated rings. The van der Waals surface area contributed by atoms with Crippen molar-refractivity contribution < 1.29 is 4.92 Å². The Morgan fingerprint density at radius 2 is 1.84 bits per heavy atom. The lowest BCUT2D eigenvalue weighted by Crippen LogP contribution is -2.20. The highest BCUT2D eigenvalue weighted by Crippen LogP contribution is 2.31. The summed E-state index contributed by atoms with van der Waals surface area (Å²) >= 11 is 6.31. The Balaban J connectivity index is 2.43. The van der Waals surface area contributed by atoms with Crippen LogP contribution in [0.15, 0.2) is 30.6 Å². The van der Waals surface area contributed by atoms with Gasteiger partial charge >= 0.3 is 0 Å². The van der Waals surface area contributed by atoms with Crippen LogP contribution in [-0.2, 0) is 5.54 Å². The van der Waals surface area contributed by atoms with E-state index in [0.29, 0.717) is 10.8 Å². The molecule has 19 heavy (non-hydrogen) atoms. The monoisotopic (exact) mass is 279 g/mol. The van der Waals surface area contributed by atoms with Crippen molar-refractivity contribution in [3.05, 3.63) is 45.9 Å². The molecule has 0 atom stereocenters. The quantitative estimate of drug-likeness (QED) is 0.619. The van der Waals surface area contributed by atoms with E-state index in [1.807, 2.05) is 25.3 Å². The third kappa shape index (κ3) is 2.61. The van der Waals surface area contributed by atoms with E-state index in [-0.39, 0.29) is 11.2 Å². The number of aromatic nitrogens is 2. The summed E-state index contributed by atoms with van der Waals surface area (Å²) in [5, 5.41) is 11.1. The van der Waals surface area contributed by atoms with Gasteiger partial charge in [-0.3, -0.25) is 10.1 Å². The van der Waals surface area contributed by atoms with Gasteiger partial charge in [0.1, 0.15) is 10.8 Å². The molecule has 0 unspecified atom stereocenters. The normalized spacial score (nSPS) is 11.6. The van der Waals surface area contributed by atoms with Crippen LogP contribution in [0.5, 0.6) is 0 Å². The number of benzene rings is 1.